The molecule has 20 heavy (non-hydrogen) atoms. The van der Waals surface area contributed by atoms with E-state index in [4.69, 9.17) is 22.1 Å². The second-order valence-corrected chi connectivity index (χ2v) is 5.62. The first-order chi connectivity index (χ1) is 9.69. The maximum Gasteiger partial charge on any atom is 0.126 e. The lowest BCUT2D eigenvalue weighted by molar-refractivity contribution is 0.160. The van der Waals surface area contributed by atoms with Gasteiger partial charge in [0.15, 0.2) is 0 Å². The third-order valence-corrected chi connectivity index (χ3v) is 4.13. The molecule has 2 aromatic rings. The van der Waals surface area contributed by atoms with Crippen LogP contribution in [0.15, 0.2) is 42.5 Å². The van der Waals surface area contributed by atoms with Gasteiger partial charge in [-0.05, 0) is 35.7 Å². The Balaban J connectivity index is 1.97. The Morgan fingerprint density at radius 1 is 1.20 bits per heavy atom. The molecule has 0 spiro atoms. The molecule has 2 atom stereocenters. The van der Waals surface area contributed by atoms with E-state index in [0.29, 0.717) is 5.02 Å². The highest BCUT2D eigenvalue weighted by Gasteiger charge is 2.28. The van der Waals surface area contributed by atoms with Gasteiger partial charge in [-0.25, -0.2) is 0 Å². The molecule has 2 aromatic carbocycles. The summed E-state index contributed by atoms with van der Waals surface area (Å²) in [6, 6.07) is 14.0. The van der Waals surface area contributed by atoms with Crippen molar-refractivity contribution in [2.45, 2.75) is 31.9 Å². The number of halogens is 1. The summed E-state index contributed by atoms with van der Waals surface area (Å²) in [4.78, 5) is 0. The molecule has 1 heterocycles. The highest BCUT2D eigenvalue weighted by Crippen LogP contribution is 2.41. The van der Waals surface area contributed by atoms with E-state index in [9.17, 15) is 0 Å². The van der Waals surface area contributed by atoms with Gasteiger partial charge in [0, 0.05) is 23.0 Å². The highest BCUT2D eigenvalue weighted by atomic mass is 35.5. The van der Waals surface area contributed by atoms with Crippen LogP contribution in [-0.2, 0) is 6.42 Å². The Hall–Kier alpha value is -1.51. The van der Waals surface area contributed by atoms with E-state index in [1.54, 1.807) is 0 Å². The van der Waals surface area contributed by atoms with E-state index in [1.165, 1.54) is 11.1 Å². The first-order valence-electron chi connectivity index (χ1n) is 6.98. The van der Waals surface area contributed by atoms with Gasteiger partial charge in [0.2, 0.25) is 0 Å². The first-order valence-corrected chi connectivity index (χ1v) is 7.36. The van der Waals surface area contributed by atoms with Gasteiger partial charge in [-0.1, -0.05) is 42.8 Å². The first kappa shape index (κ1) is 13.5. The maximum absolute atomic E-state index is 6.30. The van der Waals surface area contributed by atoms with E-state index in [1.807, 2.05) is 18.2 Å². The van der Waals surface area contributed by atoms with Crippen LogP contribution in [0, 0.1) is 0 Å². The molecule has 0 fully saturated rings. The van der Waals surface area contributed by atoms with Crippen LogP contribution in [0.2, 0.25) is 5.02 Å². The van der Waals surface area contributed by atoms with Crippen molar-refractivity contribution in [3.8, 4) is 5.75 Å². The fraction of sp³-hybridized carbons (Fsp3) is 0.294. The zero-order chi connectivity index (χ0) is 14.1. The summed E-state index contributed by atoms with van der Waals surface area (Å²) in [6.45, 7) is 2.16. The van der Waals surface area contributed by atoms with Gasteiger partial charge in [0.05, 0.1) is 0 Å². The molecular weight excluding hydrogens is 270 g/mol. The molecule has 0 saturated carbocycles. The van der Waals surface area contributed by atoms with Crippen molar-refractivity contribution in [3.05, 3.63) is 64.2 Å². The molecule has 0 radical (unpaired) electrons. The minimum absolute atomic E-state index is 0.0230. The highest BCUT2D eigenvalue weighted by molar-refractivity contribution is 6.30. The van der Waals surface area contributed by atoms with Crippen LogP contribution in [0.4, 0.5) is 0 Å². The summed E-state index contributed by atoms with van der Waals surface area (Å²) in [5.74, 6) is 0.851. The standard InChI is InChI=1S/C17H18ClNO/c1-2-11-5-3-4-6-13(11)17-10-15(19)14-9-12(18)7-8-16(14)20-17/h3-9,15,17H,2,10,19H2,1H3. The normalized spacial score (nSPS) is 21.1. The predicted octanol–water partition coefficient (Wildman–Crippen LogP) is 4.43. The van der Waals surface area contributed by atoms with Gasteiger partial charge in [-0.2, -0.15) is 0 Å². The second-order valence-electron chi connectivity index (χ2n) is 5.18. The third kappa shape index (κ3) is 2.41. The molecule has 0 aliphatic carbocycles. The lowest BCUT2D eigenvalue weighted by Gasteiger charge is -2.31. The summed E-state index contributed by atoms with van der Waals surface area (Å²) in [7, 11) is 0. The summed E-state index contributed by atoms with van der Waals surface area (Å²) >= 11 is 6.03. The number of ether oxygens (including phenoxy) is 1. The molecule has 2 N–H and O–H groups in total. The fourth-order valence-electron chi connectivity index (χ4n) is 2.84. The van der Waals surface area contributed by atoms with Crippen molar-refractivity contribution in [1.82, 2.24) is 0 Å². The molecule has 1 aliphatic heterocycles. The third-order valence-electron chi connectivity index (χ3n) is 3.89. The number of aryl methyl sites for hydroxylation is 1. The molecule has 3 rings (SSSR count). The Morgan fingerprint density at radius 3 is 2.80 bits per heavy atom. The molecule has 1 aliphatic rings. The van der Waals surface area contributed by atoms with E-state index >= 15 is 0 Å². The van der Waals surface area contributed by atoms with Gasteiger partial charge < -0.3 is 10.5 Å². The topological polar surface area (TPSA) is 35.2 Å². The minimum Gasteiger partial charge on any atom is -0.485 e. The molecule has 104 valence electrons. The van der Waals surface area contributed by atoms with Crippen molar-refractivity contribution in [1.29, 1.82) is 0 Å². The van der Waals surface area contributed by atoms with Crippen molar-refractivity contribution in [3.63, 3.8) is 0 Å². The monoisotopic (exact) mass is 287 g/mol. The number of hydrogen-bond donors (Lipinski definition) is 1. The summed E-state index contributed by atoms with van der Waals surface area (Å²) in [5.41, 5.74) is 9.86. The largest absolute Gasteiger partial charge is 0.485 e. The Morgan fingerprint density at radius 2 is 2.00 bits per heavy atom. The predicted molar refractivity (Wildman–Crippen MR) is 82.2 cm³/mol. The van der Waals surface area contributed by atoms with E-state index in [0.717, 1.165) is 24.2 Å². The number of hydrogen-bond acceptors (Lipinski definition) is 2. The second kappa shape index (κ2) is 5.47. The van der Waals surface area contributed by atoms with Crippen LogP contribution in [0.5, 0.6) is 5.75 Å². The zero-order valence-electron chi connectivity index (χ0n) is 11.5. The van der Waals surface area contributed by atoms with Crippen LogP contribution in [0.1, 0.15) is 42.2 Å². The van der Waals surface area contributed by atoms with E-state index < -0.39 is 0 Å². The fourth-order valence-corrected chi connectivity index (χ4v) is 3.02. The summed E-state index contributed by atoms with van der Waals surface area (Å²) in [5, 5.41) is 0.704. The molecule has 2 unspecified atom stereocenters. The van der Waals surface area contributed by atoms with Crippen LogP contribution >= 0.6 is 11.6 Å². The van der Waals surface area contributed by atoms with Gasteiger partial charge in [-0.3, -0.25) is 0 Å². The average Bonchev–Trinajstić information content (AvgIpc) is 2.47. The lowest BCUT2D eigenvalue weighted by Crippen LogP contribution is -2.24. The van der Waals surface area contributed by atoms with E-state index in [2.05, 4.69) is 31.2 Å². The molecule has 0 saturated heterocycles. The van der Waals surface area contributed by atoms with Gasteiger partial charge >= 0.3 is 0 Å². The zero-order valence-corrected chi connectivity index (χ0v) is 12.2. The van der Waals surface area contributed by atoms with Crippen molar-refractivity contribution >= 4 is 11.6 Å². The molecule has 0 aromatic heterocycles. The van der Waals surface area contributed by atoms with Crippen molar-refractivity contribution < 1.29 is 4.74 Å². The number of benzene rings is 2. The van der Waals surface area contributed by atoms with Gasteiger partial charge in [0.1, 0.15) is 11.9 Å². The maximum atomic E-state index is 6.30. The molecule has 0 bridgehead atoms. The summed E-state index contributed by atoms with van der Waals surface area (Å²) < 4.78 is 6.15. The Kier molecular flexibility index (Phi) is 3.68. The SMILES string of the molecule is CCc1ccccc1C1CC(N)c2cc(Cl)ccc2O1. The van der Waals surface area contributed by atoms with Gasteiger partial charge in [0.25, 0.3) is 0 Å². The molecule has 0 amide bonds. The minimum atomic E-state index is -0.0348. The Bertz CT molecular complexity index is 626. The van der Waals surface area contributed by atoms with Crippen LogP contribution < -0.4 is 10.5 Å². The van der Waals surface area contributed by atoms with Crippen LogP contribution in [0.25, 0.3) is 0 Å². The Labute approximate surface area is 124 Å². The van der Waals surface area contributed by atoms with Crippen molar-refractivity contribution in [2.24, 2.45) is 5.73 Å². The number of fused-ring (bicyclic) bond motifs is 1. The smallest absolute Gasteiger partial charge is 0.126 e. The van der Waals surface area contributed by atoms with Crippen LogP contribution in [-0.4, -0.2) is 0 Å². The van der Waals surface area contributed by atoms with Gasteiger partial charge in [-0.15, -0.1) is 0 Å². The average molecular weight is 288 g/mol. The lowest BCUT2D eigenvalue weighted by atomic mass is 9.91. The quantitative estimate of drug-likeness (QED) is 0.887. The number of nitrogens with two attached hydrogens (primary N) is 1. The molecular formula is C17H18ClNO. The van der Waals surface area contributed by atoms with Crippen LogP contribution in [0.3, 0.4) is 0 Å². The van der Waals surface area contributed by atoms with Crippen molar-refractivity contribution in [2.75, 3.05) is 0 Å². The molecule has 3 heteroatoms. The number of rotatable bonds is 2. The molecule has 2 nitrogen and oxygen atoms in total. The van der Waals surface area contributed by atoms with E-state index in [-0.39, 0.29) is 12.1 Å². The summed E-state index contributed by atoms with van der Waals surface area (Å²) in [6.07, 6.45) is 1.80.